The van der Waals surface area contributed by atoms with Crippen LogP contribution in [-0.2, 0) is 4.79 Å². The van der Waals surface area contributed by atoms with Gasteiger partial charge in [0.25, 0.3) is 5.91 Å². The van der Waals surface area contributed by atoms with Crippen LogP contribution in [0.2, 0.25) is 5.02 Å². The predicted octanol–water partition coefficient (Wildman–Crippen LogP) is 4.48. The smallest absolute Gasteiger partial charge is 0.261 e. The van der Waals surface area contributed by atoms with Crippen LogP contribution in [0.1, 0.15) is 28.1 Å². The van der Waals surface area contributed by atoms with E-state index in [1.807, 2.05) is 36.6 Å². The van der Waals surface area contributed by atoms with Crippen molar-refractivity contribution in [3.05, 3.63) is 51.2 Å². The number of rotatable bonds is 5. The third kappa shape index (κ3) is 5.34. The average molecular weight is 422 g/mol. The molecule has 0 spiro atoms. The Morgan fingerprint density at radius 2 is 2.19 bits per heavy atom. The summed E-state index contributed by atoms with van der Waals surface area (Å²) in [5, 5.41) is 6.00. The Bertz CT molecular complexity index is 853. The molecule has 2 heterocycles. The number of aliphatic imine (C=N–C) groups is 1. The fourth-order valence-electron chi connectivity index (χ4n) is 2.56. The van der Waals surface area contributed by atoms with Crippen LogP contribution in [0.15, 0.2) is 40.7 Å². The number of carbonyl (C=O) groups is 2. The van der Waals surface area contributed by atoms with Crippen molar-refractivity contribution < 1.29 is 9.59 Å². The fraction of sp³-hybridized carbons (Fsp3) is 0.316. The third-order valence-corrected chi connectivity index (χ3v) is 6.38. The maximum Gasteiger partial charge on any atom is 0.261 e. The number of benzene rings is 1. The zero-order valence-corrected chi connectivity index (χ0v) is 17.3. The number of hydrogen-bond acceptors (Lipinski definition) is 5. The number of amidine groups is 1. The predicted molar refractivity (Wildman–Crippen MR) is 113 cm³/mol. The van der Waals surface area contributed by atoms with Gasteiger partial charge in [0.15, 0.2) is 5.17 Å². The van der Waals surface area contributed by atoms with E-state index < -0.39 is 0 Å². The van der Waals surface area contributed by atoms with Gasteiger partial charge < -0.3 is 5.32 Å². The molecule has 1 aromatic carbocycles. The molecule has 0 aliphatic carbocycles. The molecule has 2 amide bonds. The molecule has 1 aliphatic rings. The fourth-order valence-corrected chi connectivity index (χ4v) is 4.35. The molecular weight excluding hydrogens is 402 g/mol. The van der Waals surface area contributed by atoms with Gasteiger partial charge in [-0.1, -0.05) is 35.5 Å². The molecule has 1 N–H and O–H groups in total. The second-order valence-electron chi connectivity index (χ2n) is 6.06. The van der Waals surface area contributed by atoms with Crippen LogP contribution in [0.25, 0.3) is 0 Å². The molecule has 8 heteroatoms. The lowest BCUT2D eigenvalue weighted by Crippen LogP contribution is -2.40. The van der Waals surface area contributed by atoms with E-state index in [-0.39, 0.29) is 18.2 Å². The lowest BCUT2D eigenvalue weighted by molar-refractivity contribution is -0.127. The minimum atomic E-state index is -0.144. The minimum absolute atomic E-state index is 0.0364. The van der Waals surface area contributed by atoms with Gasteiger partial charge in [-0.05, 0) is 42.5 Å². The van der Waals surface area contributed by atoms with E-state index in [1.165, 1.54) is 11.3 Å². The molecule has 1 saturated heterocycles. The molecule has 27 heavy (non-hydrogen) atoms. The number of thioether (sulfide) groups is 1. The first-order valence-corrected chi connectivity index (χ1v) is 10.9. The second-order valence-corrected chi connectivity index (χ2v) is 8.48. The first-order chi connectivity index (χ1) is 13.0. The Morgan fingerprint density at radius 1 is 1.33 bits per heavy atom. The summed E-state index contributed by atoms with van der Waals surface area (Å²) in [4.78, 5) is 31.6. The van der Waals surface area contributed by atoms with E-state index >= 15 is 0 Å². The number of halogens is 1. The van der Waals surface area contributed by atoms with E-state index in [9.17, 15) is 9.59 Å². The van der Waals surface area contributed by atoms with Gasteiger partial charge in [-0.15, -0.1) is 11.3 Å². The van der Waals surface area contributed by atoms with Crippen LogP contribution < -0.4 is 5.32 Å². The minimum Gasteiger partial charge on any atom is -0.351 e. The number of nitrogens with one attached hydrogen (secondary N) is 1. The maximum absolute atomic E-state index is 12.6. The quantitative estimate of drug-likeness (QED) is 0.773. The van der Waals surface area contributed by atoms with Gasteiger partial charge in [0.2, 0.25) is 5.91 Å². The van der Waals surface area contributed by atoms with E-state index in [4.69, 9.17) is 11.6 Å². The number of hydrogen-bond donors (Lipinski definition) is 1. The normalized spacial score (nSPS) is 15.8. The highest BCUT2D eigenvalue weighted by Gasteiger charge is 2.23. The first-order valence-electron chi connectivity index (χ1n) is 8.64. The van der Waals surface area contributed by atoms with Gasteiger partial charge in [-0.25, -0.2) is 4.99 Å². The molecule has 2 aromatic rings. The molecule has 1 fully saturated rings. The molecule has 5 nitrogen and oxygen atoms in total. The highest BCUT2D eigenvalue weighted by atomic mass is 35.5. The third-order valence-electron chi connectivity index (χ3n) is 4.04. The summed E-state index contributed by atoms with van der Waals surface area (Å²) >= 11 is 9.12. The molecule has 142 valence electrons. The van der Waals surface area contributed by atoms with E-state index in [2.05, 4.69) is 10.3 Å². The Morgan fingerprint density at radius 3 is 2.93 bits per heavy atom. The van der Waals surface area contributed by atoms with Crippen LogP contribution in [0.3, 0.4) is 0 Å². The molecule has 0 saturated carbocycles. The van der Waals surface area contributed by atoms with Crippen molar-refractivity contribution in [1.82, 2.24) is 10.2 Å². The van der Waals surface area contributed by atoms with Crippen LogP contribution in [0, 0.1) is 6.92 Å². The summed E-state index contributed by atoms with van der Waals surface area (Å²) in [6.45, 7) is 2.89. The van der Waals surface area contributed by atoms with Crippen molar-refractivity contribution in [3.8, 4) is 0 Å². The van der Waals surface area contributed by atoms with Gasteiger partial charge in [-0.2, -0.15) is 0 Å². The first kappa shape index (κ1) is 19.9. The van der Waals surface area contributed by atoms with E-state index in [0.717, 1.165) is 23.4 Å². The van der Waals surface area contributed by atoms with Crippen LogP contribution in [0.5, 0.6) is 0 Å². The highest BCUT2D eigenvalue weighted by Crippen LogP contribution is 2.26. The van der Waals surface area contributed by atoms with Crippen molar-refractivity contribution in [2.24, 2.45) is 4.99 Å². The molecule has 3 rings (SSSR count). The van der Waals surface area contributed by atoms with Gasteiger partial charge in [0.1, 0.15) is 0 Å². The monoisotopic (exact) mass is 421 g/mol. The van der Waals surface area contributed by atoms with Gasteiger partial charge in [0, 0.05) is 30.3 Å². The number of nitrogens with zero attached hydrogens (tertiary/aromatic N) is 2. The van der Waals surface area contributed by atoms with E-state index in [0.29, 0.717) is 28.2 Å². The summed E-state index contributed by atoms with van der Waals surface area (Å²) in [6, 6.07) is 9.22. The molecule has 0 bridgehead atoms. The standard InChI is InChI=1S/C19H20ClN3O2S2/c1-13-5-6-14(12-15(13)20)22-19-23(9-3-11-27-19)17(24)7-8-21-18(25)16-4-2-10-26-16/h2,4-6,10,12H,3,7-9,11H2,1H3,(H,21,25). The zero-order chi connectivity index (χ0) is 19.2. The van der Waals surface area contributed by atoms with Crippen molar-refractivity contribution in [2.75, 3.05) is 18.8 Å². The molecular formula is C19H20ClN3O2S2. The van der Waals surface area contributed by atoms with Crippen LogP contribution in [0.4, 0.5) is 5.69 Å². The van der Waals surface area contributed by atoms with Crippen molar-refractivity contribution in [3.63, 3.8) is 0 Å². The molecule has 1 aromatic heterocycles. The zero-order valence-electron chi connectivity index (χ0n) is 14.9. The summed E-state index contributed by atoms with van der Waals surface area (Å²) in [5.74, 6) is 0.747. The van der Waals surface area contributed by atoms with E-state index in [1.54, 1.807) is 22.7 Å². The van der Waals surface area contributed by atoms with Crippen molar-refractivity contribution in [1.29, 1.82) is 0 Å². The second kappa shape index (κ2) is 9.39. The molecule has 0 radical (unpaired) electrons. The summed E-state index contributed by atoms with van der Waals surface area (Å²) < 4.78 is 0. The Kier molecular flexibility index (Phi) is 6.93. The number of amides is 2. The van der Waals surface area contributed by atoms with Crippen LogP contribution in [-0.4, -0.2) is 40.7 Å². The Hall–Kier alpha value is -1.83. The van der Waals surface area contributed by atoms with Gasteiger partial charge in [0.05, 0.1) is 10.6 Å². The molecule has 1 aliphatic heterocycles. The lowest BCUT2D eigenvalue weighted by Gasteiger charge is -2.27. The number of aryl methyl sites for hydroxylation is 1. The summed E-state index contributed by atoms with van der Waals surface area (Å²) in [5.41, 5.74) is 1.73. The average Bonchev–Trinajstić information content (AvgIpc) is 3.20. The van der Waals surface area contributed by atoms with Gasteiger partial charge >= 0.3 is 0 Å². The topological polar surface area (TPSA) is 61.8 Å². The van der Waals surface area contributed by atoms with Crippen molar-refractivity contribution >= 4 is 57.4 Å². The maximum atomic E-state index is 12.6. The largest absolute Gasteiger partial charge is 0.351 e. The van der Waals surface area contributed by atoms with Crippen molar-refractivity contribution in [2.45, 2.75) is 19.8 Å². The van der Waals surface area contributed by atoms with Gasteiger partial charge in [-0.3, -0.25) is 14.5 Å². The number of thiophene rings is 1. The Labute approximate surface area is 171 Å². The molecule has 0 unspecified atom stereocenters. The number of carbonyl (C=O) groups excluding carboxylic acids is 2. The SMILES string of the molecule is Cc1ccc(N=C2SCCCN2C(=O)CCNC(=O)c2cccs2)cc1Cl. The summed E-state index contributed by atoms with van der Waals surface area (Å²) in [7, 11) is 0. The Balaban J connectivity index is 1.62. The molecule has 0 atom stereocenters. The van der Waals surface area contributed by atoms with Crippen LogP contribution >= 0.6 is 34.7 Å². The summed E-state index contributed by atoms with van der Waals surface area (Å²) in [6.07, 6.45) is 1.16. The highest BCUT2D eigenvalue weighted by molar-refractivity contribution is 8.13. The lowest BCUT2D eigenvalue weighted by atomic mass is 10.2.